The number of thiazole rings is 1. The molecule has 3 aliphatic rings. The van der Waals surface area contributed by atoms with Crippen molar-refractivity contribution < 1.29 is 9.59 Å². The van der Waals surface area contributed by atoms with Gasteiger partial charge in [0.05, 0.1) is 34.4 Å². The molecule has 5 aromatic rings. The quantitative estimate of drug-likeness (QED) is 0.298. The van der Waals surface area contributed by atoms with Gasteiger partial charge < -0.3 is 9.47 Å². The van der Waals surface area contributed by atoms with Crippen molar-refractivity contribution >= 4 is 45.6 Å². The number of aryl methyl sites for hydroxylation is 2. The van der Waals surface area contributed by atoms with Gasteiger partial charge in [-0.05, 0) is 62.6 Å². The van der Waals surface area contributed by atoms with Gasteiger partial charge in [0, 0.05) is 63.1 Å². The van der Waals surface area contributed by atoms with Gasteiger partial charge in [-0.15, -0.1) is 11.3 Å². The van der Waals surface area contributed by atoms with Crippen LogP contribution in [0.2, 0.25) is 0 Å². The number of aromatic nitrogens is 7. The lowest BCUT2D eigenvalue weighted by Gasteiger charge is -2.28. The average Bonchev–Trinajstić information content (AvgIpc) is 3.91. The van der Waals surface area contributed by atoms with Crippen molar-refractivity contribution in [3.05, 3.63) is 66.0 Å². The molecular weight excluding hydrogens is 600 g/mol. The molecule has 2 saturated heterocycles. The standard InChI is InChI=1S/C33H34N10O2S/c1-21-3-4-23(15-34-21)29-30-24(38-39-29)5-6-27(37-30)43-14-10-33(32(43)45)9-13-41(19-33)18-28(44)42-11-7-22(8-12-42)31-35-16-26(46-31)25-17-40(2)20-36-25/h3-7,15-17,20H,8-14,18-19H2,1-2H3,(H,38,39)/t33-/m0/s1. The molecule has 3 aliphatic heterocycles. The second-order valence-corrected chi connectivity index (χ2v) is 13.6. The van der Waals surface area contributed by atoms with E-state index in [-0.39, 0.29) is 11.8 Å². The summed E-state index contributed by atoms with van der Waals surface area (Å²) in [5.41, 5.74) is 5.68. The number of imidazole rings is 1. The normalized spacial score (nSPS) is 20.4. The maximum absolute atomic E-state index is 13.9. The molecule has 0 saturated carbocycles. The van der Waals surface area contributed by atoms with Crippen LogP contribution in [-0.2, 0) is 16.6 Å². The maximum Gasteiger partial charge on any atom is 0.237 e. The number of nitrogens with one attached hydrogen (secondary N) is 1. The lowest BCUT2D eigenvalue weighted by molar-refractivity contribution is -0.132. The average molecular weight is 635 g/mol. The Hall–Kier alpha value is -4.75. The number of carbonyl (C=O) groups is 2. The van der Waals surface area contributed by atoms with Gasteiger partial charge in [-0.3, -0.25) is 29.5 Å². The van der Waals surface area contributed by atoms with Gasteiger partial charge in [0.25, 0.3) is 0 Å². The molecule has 0 unspecified atom stereocenters. The number of amides is 2. The van der Waals surface area contributed by atoms with Crippen LogP contribution in [0, 0.1) is 12.3 Å². The molecule has 0 aromatic carbocycles. The van der Waals surface area contributed by atoms with Crippen LogP contribution in [-0.4, -0.2) is 95.6 Å². The van der Waals surface area contributed by atoms with Crippen molar-refractivity contribution in [2.45, 2.75) is 26.2 Å². The Morgan fingerprint density at radius 2 is 1.96 bits per heavy atom. The molecule has 8 rings (SSSR count). The minimum atomic E-state index is -0.484. The molecule has 0 radical (unpaired) electrons. The van der Waals surface area contributed by atoms with Gasteiger partial charge >= 0.3 is 0 Å². The minimum absolute atomic E-state index is 0.0930. The van der Waals surface area contributed by atoms with Crippen LogP contribution in [0.4, 0.5) is 5.82 Å². The number of rotatable bonds is 6. The molecule has 234 valence electrons. The minimum Gasteiger partial charge on any atom is -0.340 e. The number of fused-ring (bicyclic) bond motifs is 1. The fourth-order valence-corrected chi connectivity index (χ4v) is 7.77. The third-order valence-corrected chi connectivity index (χ3v) is 10.6. The van der Waals surface area contributed by atoms with Gasteiger partial charge in [-0.1, -0.05) is 6.08 Å². The van der Waals surface area contributed by atoms with Gasteiger partial charge in [-0.2, -0.15) is 5.10 Å². The van der Waals surface area contributed by atoms with Crippen LogP contribution in [0.3, 0.4) is 0 Å². The number of hydrogen-bond donors (Lipinski definition) is 1. The van der Waals surface area contributed by atoms with E-state index in [4.69, 9.17) is 4.98 Å². The summed E-state index contributed by atoms with van der Waals surface area (Å²) in [6.45, 7) is 5.44. The van der Waals surface area contributed by atoms with E-state index >= 15 is 0 Å². The number of anilines is 1. The molecule has 8 heterocycles. The first kappa shape index (κ1) is 28.7. The summed E-state index contributed by atoms with van der Waals surface area (Å²) in [6.07, 6.45) is 11.8. The highest BCUT2D eigenvalue weighted by atomic mass is 32.1. The third kappa shape index (κ3) is 5.09. The number of nitrogens with zero attached hydrogens (tertiary/aromatic N) is 9. The fourth-order valence-electron chi connectivity index (χ4n) is 6.82. The van der Waals surface area contributed by atoms with Crippen molar-refractivity contribution in [2.24, 2.45) is 12.5 Å². The Kier molecular flexibility index (Phi) is 7.02. The van der Waals surface area contributed by atoms with E-state index in [9.17, 15) is 9.59 Å². The summed E-state index contributed by atoms with van der Waals surface area (Å²) < 4.78 is 1.93. The first-order chi connectivity index (χ1) is 22.3. The van der Waals surface area contributed by atoms with Crippen molar-refractivity contribution in [3.8, 4) is 21.8 Å². The molecule has 46 heavy (non-hydrogen) atoms. The predicted molar refractivity (Wildman–Crippen MR) is 176 cm³/mol. The third-order valence-electron chi connectivity index (χ3n) is 9.46. The Balaban J connectivity index is 0.903. The number of pyridine rings is 2. The highest BCUT2D eigenvalue weighted by molar-refractivity contribution is 7.16. The highest BCUT2D eigenvalue weighted by Gasteiger charge is 2.51. The van der Waals surface area contributed by atoms with Crippen LogP contribution >= 0.6 is 11.3 Å². The van der Waals surface area contributed by atoms with E-state index in [1.54, 1.807) is 23.9 Å². The Morgan fingerprint density at radius 1 is 1.07 bits per heavy atom. The largest absolute Gasteiger partial charge is 0.340 e. The summed E-state index contributed by atoms with van der Waals surface area (Å²) >= 11 is 1.64. The molecule has 0 aliphatic carbocycles. The summed E-state index contributed by atoms with van der Waals surface area (Å²) in [6, 6.07) is 7.75. The second kappa shape index (κ2) is 11.2. The number of aromatic amines is 1. The Bertz CT molecular complexity index is 1990. The maximum atomic E-state index is 13.9. The fraction of sp³-hybridized carbons (Fsp3) is 0.364. The molecular formula is C33H34N10O2S. The van der Waals surface area contributed by atoms with E-state index in [2.05, 4.69) is 36.1 Å². The first-order valence-corrected chi connectivity index (χ1v) is 16.4. The Morgan fingerprint density at radius 3 is 2.74 bits per heavy atom. The molecule has 2 amide bonds. The number of hydrogen-bond acceptors (Lipinski definition) is 9. The monoisotopic (exact) mass is 634 g/mol. The van der Waals surface area contributed by atoms with Gasteiger partial charge in [-0.25, -0.2) is 15.0 Å². The molecule has 0 bridgehead atoms. The molecule has 1 N–H and O–H groups in total. The number of H-pyrrole nitrogens is 1. The molecule has 5 aromatic heterocycles. The zero-order valence-electron chi connectivity index (χ0n) is 25.8. The highest BCUT2D eigenvalue weighted by Crippen LogP contribution is 2.42. The molecule has 12 nitrogen and oxygen atoms in total. The Labute approximate surface area is 269 Å². The van der Waals surface area contributed by atoms with Crippen LogP contribution in [0.1, 0.15) is 30.0 Å². The van der Waals surface area contributed by atoms with Gasteiger partial charge in [0.1, 0.15) is 22.0 Å². The zero-order chi connectivity index (χ0) is 31.4. The number of likely N-dealkylation sites (tertiary alicyclic amines) is 1. The molecule has 2 fully saturated rings. The molecule has 13 heteroatoms. The van der Waals surface area contributed by atoms with Crippen LogP contribution in [0.25, 0.3) is 38.4 Å². The second-order valence-electron chi connectivity index (χ2n) is 12.5. The van der Waals surface area contributed by atoms with E-state index in [1.165, 1.54) is 5.57 Å². The van der Waals surface area contributed by atoms with Crippen molar-refractivity contribution in [3.63, 3.8) is 0 Å². The van der Waals surface area contributed by atoms with E-state index in [0.717, 1.165) is 69.4 Å². The lowest BCUT2D eigenvalue weighted by atomic mass is 9.85. The lowest BCUT2D eigenvalue weighted by Crippen LogP contribution is -2.43. The van der Waals surface area contributed by atoms with Crippen LogP contribution in [0.15, 0.2) is 55.3 Å². The zero-order valence-corrected chi connectivity index (χ0v) is 26.6. The SMILES string of the molecule is Cc1ccc(-c2n[nH]c3ccc(N4CC[C@]5(CCN(CC(=O)N6CC=C(c7ncc(-c8cn(C)cn8)s7)CC6)C5)C4=O)nc23)cn1. The van der Waals surface area contributed by atoms with Crippen molar-refractivity contribution in [1.29, 1.82) is 0 Å². The van der Waals surface area contributed by atoms with Gasteiger partial charge in [0.2, 0.25) is 11.8 Å². The number of carbonyl (C=O) groups excluding carboxylic acids is 2. The summed E-state index contributed by atoms with van der Waals surface area (Å²) in [7, 11) is 1.96. The van der Waals surface area contributed by atoms with Gasteiger partial charge in [0.15, 0.2) is 0 Å². The van der Waals surface area contributed by atoms with E-state index in [0.29, 0.717) is 38.5 Å². The first-order valence-electron chi connectivity index (χ1n) is 15.6. The summed E-state index contributed by atoms with van der Waals surface area (Å²) in [5, 5.41) is 8.52. The summed E-state index contributed by atoms with van der Waals surface area (Å²) in [4.78, 5) is 52.5. The molecule has 1 atom stereocenters. The molecule has 1 spiro atoms. The van der Waals surface area contributed by atoms with Crippen LogP contribution in [0.5, 0.6) is 0 Å². The predicted octanol–water partition coefficient (Wildman–Crippen LogP) is 3.93. The topological polar surface area (TPSA) is 129 Å². The van der Waals surface area contributed by atoms with E-state index < -0.39 is 5.41 Å². The summed E-state index contributed by atoms with van der Waals surface area (Å²) in [5.74, 6) is 0.832. The van der Waals surface area contributed by atoms with E-state index in [1.807, 2.05) is 65.0 Å². The van der Waals surface area contributed by atoms with Crippen LogP contribution < -0.4 is 4.90 Å². The smallest absolute Gasteiger partial charge is 0.237 e. The van der Waals surface area contributed by atoms with Crippen molar-refractivity contribution in [2.75, 3.05) is 44.2 Å². The van der Waals surface area contributed by atoms with Crippen molar-refractivity contribution in [1.82, 2.24) is 44.5 Å².